The van der Waals surface area contributed by atoms with Gasteiger partial charge in [-0.2, -0.15) is 0 Å². The second-order valence-electron chi connectivity index (χ2n) is 7.94. The van der Waals surface area contributed by atoms with Gasteiger partial charge in [-0.05, 0) is 32.9 Å². The number of thiazole rings is 1. The summed E-state index contributed by atoms with van der Waals surface area (Å²) in [6.45, 7) is 5.64. The van der Waals surface area contributed by atoms with E-state index < -0.39 is 12.1 Å². The van der Waals surface area contributed by atoms with Crippen molar-refractivity contribution >= 4 is 38.9 Å². The zero-order valence-corrected chi connectivity index (χ0v) is 20.4. The number of carbonyl (C=O) groups excluding carboxylic acids is 1. The second kappa shape index (κ2) is 9.00. The summed E-state index contributed by atoms with van der Waals surface area (Å²) < 4.78 is 11.1. The molecule has 4 aromatic heterocycles. The number of nitrogens with zero attached hydrogens (tertiary/aromatic N) is 2. The minimum Gasteiger partial charge on any atom is -0.464 e. The number of aryl methyl sites for hydroxylation is 2. The Bertz CT molecular complexity index is 1530. The number of thiophene rings is 1. The van der Waals surface area contributed by atoms with Crippen LogP contribution in [0.25, 0.3) is 32.8 Å². The largest absolute Gasteiger partial charge is 0.464 e. The van der Waals surface area contributed by atoms with E-state index in [-0.39, 0.29) is 12.0 Å². The zero-order chi connectivity index (χ0) is 23.8. The molecule has 34 heavy (non-hydrogen) atoms. The molecule has 0 saturated carbocycles. The number of esters is 1. The van der Waals surface area contributed by atoms with E-state index in [4.69, 9.17) is 9.15 Å². The van der Waals surface area contributed by atoms with Gasteiger partial charge in [-0.3, -0.25) is 9.59 Å². The molecule has 0 amide bonds. The van der Waals surface area contributed by atoms with Gasteiger partial charge in [0.15, 0.2) is 11.9 Å². The molecule has 0 aliphatic rings. The summed E-state index contributed by atoms with van der Waals surface area (Å²) in [6, 6.07) is 11.6. The van der Waals surface area contributed by atoms with Crippen LogP contribution in [0, 0.1) is 13.8 Å². The van der Waals surface area contributed by atoms with Gasteiger partial charge in [0.1, 0.15) is 10.6 Å². The quantitative estimate of drug-likeness (QED) is 0.300. The third-order valence-electron chi connectivity index (χ3n) is 5.38. The predicted octanol–water partition coefficient (Wildman–Crippen LogP) is 5.83. The number of benzene rings is 1. The Morgan fingerprint density at radius 2 is 1.97 bits per heavy atom. The molecule has 5 aromatic rings. The van der Waals surface area contributed by atoms with Crippen LogP contribution in [-0.2, 0) is 16.0 Å². The summed E-state index contributed by atoms with van der Waals surface area (Å²) >= 11 is 2.82. The molecule has 1 aromatic carbocycles. The standard InChI is InChI=1S/C25H21N3O4S2/c1-13-6-8-16(9-7-13)22-19(34-15(3)26-22)11-20(29)32-14(2)23-27-24(30)21-17(12-33-25(21)28-23)18-5-4-10-31-18/h4-10,12,14H,11H2,1-3H3,(H,27,28,30). The maximum atomic E-state index is 12.8. The lowest BCUT2D eigenvalue weighted by molar-refractivity contribution is -0.148. The normalized spacial score (nSPS) is 12.2. The maximum Gasteiger partial charge on any atom is 0.311 e. The first-order chi connectivity index (χ1) is 16.4. The van der Waals surface area contributed by atoms with Gasteiger partial charge in [0.2, 0.25) is 0 Å². The Labute approximate surface area is 203 Å². The number of rotatable bonds is 6. The van der Waals surface area contributed by atoms with Gasteiger partial charge in [0, 0.05) is 21.4 Å². The van der Waals surface area contributed by atoms with E-state index in [0.29, 0.717) is 27.4 Å². The Kier molecular flexibility index (Phi) is 5.89. The minimum absolute atomic E-state index is 0.0905. The Morgan fingerprint density at radius 1 is 1.18 bits per heavy atom. The molecule has 0 bridgehead atoms. The average molecular weight is 492 g/mol. The van der Waals surface area contributed by atoms with Crippen LogP contribution in [0.1, 0.15) is 34.3 Å². The average Bonchev–Trinajstić information content (AvgIpc) is 3.54. The smallest absolute Gasteiger partial charge is 0.311 e. The van der Waals surface area contributed by atoms with Crippen LogP contribution in [0.5, 0.6) is 0 Å². The van der Waals surface area contributed by atoms with Gasteiger partial charge < -0.3 is 14.1 Å². The van der Waals surface area contributed by atoms with E-state index in [9.17, 15) is 9.59 Å². The van der Waals surface area contributed by atoms with Crippen molar-refractivity contribution in [1.29, 1.82) is 0 Å². The van der Waals surface area contributed by atoms with E-state index in [1.54, 1.807) is 25.3 Å². The first-order valence-corrected chi connectivity index (χ1v) is 12.4. The molecule has 0 aliphatic heterocycles. The van der Waals surface area contributed by atoms with Crippen LogP contribution in [0.15, 0.2) is 57.3 Å². The van der Waals surface area contributed by atoms with Gasteiger partial charge in [-0.25, -0.2) is 9.97 Å². The lowest BCUT2D eigenvalue weighted by Gasteiger charge is -2.12. The highest BCUT2D eigenvalue weighted by Crippen LogP contribution is 2.32. The molecule has 1 N–H and O–H groups in total. The number of ether oxygens (including phenoxy) is 1. The first kappa shape index (κ1) is 22.2. The number of aromatic nitrogens is 3. The van der Waals surface area contributed by atoms with Crippen molar-refractivity contribution in [3.63, 3.8) is 0 Å². The van der Waals surface area contributed by atoms with Gasteiger partial charge in [0.05, 0.1) is 28.8 Å². The molecule has 5 rings (SSSR count). The van der Waals surface area contributed by atoms with E-state index >= 15 is 0 Å². The summed E-state index contributed by atoms with van der Waals surface area (Å²) in [7, 11) is 0. The molecule has 4 heterocycles. The highest BCUT2D eigenvalue weighted by atomic mass is 32.1. The Morgan fingerprint density at radius 3 is 2.71 bits per heavy atom. The molecule has 9 heteroatoms. The van der Waals surface area contributed by atoms with Crippen molar-refractivity contribution in [3.05, 3.63) is 79.7 Å². The molecule has 172 valence electrons. The fourth-order valence-electron chi connectivity index (χ4n) is 3.72. The Hall–Kier alpha value is -3.56. The highest BCUT2D eigenvalue weighted by molar-refractivity contribution is 7.17. The fraction of sp³-hybridized carbons (Fsp3) is 0.200. The van der Waals surface area contributed by atoms with Crippen molar-refractivity contribution in [2.24, 2.45) is 0 Å². The number of hydrogen-bond donors (Lipinski definition) is 1. The van der Waals surface area contributed by atoms with Gasteiger partial charge >= 0.3 is 5.97 Å². The number of carbonyl (C=O) groups is 1. The van der Waals surface area contributed by atoms with Crippen LogP contribution in [0.3, 0.4) is 0 Å². The third-order valence-corrected chi connectivity index (χ3v) is 7.22. The summed E-state index contributed by atoms with van der Waals surface area (Å²) in [5, 5.41) is 3.18. The van der Waals surface area contributed by atoms with Gasteiger partial charge in [-0.1, -0.05) is 29.8 Å². The first-order valence-electron chi connectivity index (χ1n) is 10.7. The number of nitrogens with one attached hydrogen (secondary N) is 1. The van der Waals surface area contributed by atoms with Crippen molar-refractivity contribution in [2.45, 2.75) is 33.3 Å². The SMILES string of the molecule is Cc1ccc(-c2nc(C)sc2CC(=O)OC(C)c2nc3scc(-c4ccco4)c3c(=O)[nH]2)cc1. The van der Waals surface area contributed by atoms with Crippen LogP contribution in [0.4, 0.5) is 0 Å². The lowest BCUT2D eigenvalue weighted by Crippen LogP contribution is -2.18. The van der Waals surface area contributed by atoms with Crippen LogP contribution >= 0.6 is 22.7 Å². The number of aromatic amines is 1. The monoisotopic (exact) mass is 491 g/mol. The molecule has 0 saturated heterocycles. The molecule has 0 radical (unpaired) electrons. The Balaban J connectivity index is 1.35. The van der Waals surface area contributed by atoms with E-state index in [0.717, 1.165) is 26.7 Å². The van der Waals surface area contributed by atoms with Crippen molar-refractivity contribution in [1.82, 2.24) is 15.0 Å². The van der Waals surface area contributed by atoms with Crippen LogP contribution < -0.4 is 5.56 Å². The maximum absolute atomic E-state index is 12.8. The fourth-order valence-corrected chi connectivity index (χ4v) is 5.60. The summed E-state index contributed by atoms with van der Waals surface area (Å²) in [6.07, 6.45) is 0.939. The molecular weight excluding hydrogens is 470 g/mol. The number of H-pyrrole nitrogens is 1. The molecule has 1 atom stereocenters. The topological polar surface area (TPSA) is 98.1 Å². The molecule has 0 fully saturated rings. The van der Waals surface area contributed by atoms with E-state index in [1.165, 1.54) is 22.7 Å². The van der Waals surface area contributed by atoms with Crippen molar-refractivity contribution in [3.8, 4) is 22.6 Å². The molecular formula is C25H21N3O4S2. The van der Waals surface area contributed by atoms with E-state index in [1.807, 2.05) is 43.5 Å². The predicted molar refractivity (Wildman–Crippen MR) is 133 cm³/mol. The summed E-state index contributed by atoms with van der Waals surface area (Å²) in [4.78, 5) is 38.9. The molecule has 0 aliphatic carbocycles. The lowest BCUT2D eigenvalue weighted by atomic mass is 10.1. The third kappa shape index (κ3) is 4.32. The van der Waals surface area contributed by atoms with Crippen molar-refractivity contribution in [2.75, 3.05) is 0 Å². The van der Waals surface area contributed by atoms with Crippen molar-refractivity contribution < 1.29 is 13.9 Å². The van der Waals surface area contributed by atoms with Gasteiger partial charge in [-0.15, -0.1) is 22.7 Å². The number of furan rings is 1. The summed E-state index contributed by atoms with van der Waals surface area (Å²) in [5.74, 6) is 0.502. The second-order valence-corrected chi connectivity index (χ2v) is 10.1. The number of fused-ring (bicyclic) bond motifs is 1. The minimum atomic E-state index is -0.712. The van der Waals surface area contributed by atoms with Crippen LogP contribution in [0.2, 0.25) is 0 Å². The van der Waals surface area contributed by atoms with E-state index in [2.05, 4.69) is 15.0 Å². The summed E-state index contributed by atoms with van der Waals surface area (Å²) in [5.41, 5.74) is 3.32. The molecule has 1 unspecified atom stereocenters. The molecule has 0 spiro atoms. The number of hydrogen-bond acceptors (Lipinski definition) is 8. The van der Waals surface area contributed by atoms with Crippen LogP contribution in [-0.4, -0.2) is 20.9 Å². The molecule has 7 nitrogen and oxygen atoms in total. The zero-order valence-electron chi connectivity index (χ0n) is 18.7. The van der Waals surface area contributed by atoms with Gasteiger partial charge in [0.25, 0.3) is 5.56 Å². The highest BCUT2D eigenvalue weighted by Gasteiger charge is 2.21.